The van der Waals surface area contributed by atoms with Crippen LogP contribution in [-0.4, -0.2) is 50.8 Å². The molecule has 0 unspecified atom stereocenters. The Labute approximate surface area is 134 Å². The molecule has 2 aromatic rings. The van der Waals surface area contributed by atoms with Gasteiger partial charge in [-0.3, -0.25) is 0 Å². The second-order valence-electron chi connectivity index (χ2n) is 6.77. The third kappa shape index (κ3) is 3.69. The molecule has 8 heteroatoms. The molecule has 0 aliphatic carbocycles. The molecule has 1 fully saturated rings. The van der Waals surface area contributed by atoms with Crippen LogP contribution in [0.25, 0.3) is 11.2 Å². The van der Waals surface area contributed by atoms with E-state index >= 15 is 0 Å². The average Bonchev–Trinajstić information content (AvgIpc) is 2.94. The number of amides is 1. The largest absolute Gasteiger partial charge is 0.446 e. The fraction of sp³-hybridized carbons (Fsp3) is 0.600. The van der Waals surface area contributed by atoms with E-state index in [0.29, 0.717) is 5.65 Å². The van der Waals surface area contributed by atoms with Gasteiger partial charge in [-0.2, -0.15) is 0 Å². The first-order valence-electron chi connectivity index (χ1n) is 7.80. The molecule has 2 N–H and O–H groups in total. The summed E-state index contributed by atoms with van der Waals surface area (Å²) in [5, 5.41) is 2.82. The molecule has 1 amide bonds. The number of anilines is 1. The fourth-order valence-corrected chi connectivity index (χ4v) is 2.66. The van der Waals surface area contributed by atoms with Crippen molar-refractivity contribution in [3.63, 3.8) is 0 Å². The van der Waals surface area contributed by atoms with Gasteiger partial charge in [-0.1, -0.05) is 0 Å². The number of nitrogens with one attached hydrogen (secondary N) is 2. The van der Waals surface area contributed by atoms with Crippen LogP contribution >= 0.6 is 0 Å². The first kappa shape index (κ1) is 15.5. The van der Waals surface area contributed by atoms with Crippen LogP contribution in [-0.2, 0) is 4.74 Å². The van der Waals surface area contributed by atoms with Gasteiger partial charge in [-0.05, 0) is 20.8 Å². The zero-order chi connectivity index (χ0) is 16.4. The van der Waals surface area contributed by atoms with Gasteiger partial charge in [0.1, 0.15) is 17.9 Å². The molecule has 23 heavy (non-hydrogen) atoms. The summed E-state index contributed by atoms with van der Waals surface area (Å²) in [5.41, 5.74) is 1.22. The lowest BCUT2D eigenvalue weighted by molar-refractivity contribution is 0.0776. The summed E-state index contributed by atoms with van der Waals surface area (Å²) in [6, 6.07) is 0. The summed E-state index contributed by atoms with van der Waals surface area (Å²) in [7, 11) is 0. The number of hydrogen-bond acceptors (Lipinski definition) is 6. The smallest absolute Gasteiger partial charge is 0.407 e. The number of aromatic nitrogens is 4. The van der Waals surface area contributed by atoms with Gasteiger partial charge in [0.25, 0.3) is 0 Å². The minimum absolute atomic E-state index is 0.0623. The molecule has 0 aromatic carbocycles. The third-order valence-corrected chi connectivity index (χ3v) is 3.70. The van der Waals surface area contributed by atoms with Crippen molar-refractivity contribution in [2.24, 2.45) is 0 Å². The number of hydrogen-bond donors (Lipinski definition) is 2. The van der Waals surface area contributed by atoms with Gasteiger partial charge in [0.2, 0.25) is 0 Å². The Bertz CT molecular complexity index is 685. The maximum Gasteiger partial charge on any atom is 0.407 e. The van der Waals surface area contributed by atoms with Crippen LogP contribution in [0.2, 0.25) is 0 Å². The van der Waals surface area contributed by atoms with E-state index in [2.05, 4.69) is 30.2 Å². The summed E-state index contributed by atoms with van der Waals surface area (Å²) < 4.78 is 5.49. The van der Waals surface area contributed by atoms with Crippen LogP contribution in [0.5, 0.6) is 0 Å². The van der Waals surface area contributed by atoms with E-state index in [1.807, 2.05) is 20.8 Å². The summed E-state index contributed by atoms with van der Waals surface area (Å²) in [4.78, 5) is 29.7. The molecular formula is C15H22N6O2. The Balaban J connectivity index is 1.58. The van der Waals surface area contributed by atoms with Gasteiger partial charge in [0.05, 0.1) is 6.33 Å². The topological polar surface area (TPSA) is 96.0 Å². The summed E-state index contributed by atoms with van der Waals surface area (Å²) >= 11 is 0. The maximum atomic E-state index is 11.8. The Morgan fingerprint density at radius 2 is 2.04 bits per heavy atom. The molecule has 124 valence electrons. The highest BCUT2D eigenvalue weighted by atomic mass is 16.6. The van der Waals surface area contributed by atoms with Gasteiger partial charge in [-0.15, -0.1) is 0 Å². The molecule has 0 atom stereocenters. The van der Waals surface area contributed by atoms with E-state index in [1.165, 1.54) is 6.33 Å². The number of nitrogens with zero attached hydrogens (tertiary/aromatic N) is 4. The number of piperidine rings is 1. The number of ether oxygens (including phenoxy) is 1. The highest BCUT2D eigenvalue weighted by Crippen LogP contribution is 2.24. The molecule has 2 aromatic heterocycles. The molecule has 0 bridgehead atoms. The van der Waals surface area contributed by atoms with Crippen molar-refractivity contribution < 1.29 is 9.53 Å². The summed E-state index contributed by atoms with van der Waals surface area (Å²) in [6.45, 7) is 7.35. The zero-order valence-electron chi connectivity index (χ0n) is 13.7. The maximum absolute atomic E-state index is 11.8. The highest BCUT2D eigenvalue weighted by molar-refractivity contribution is 5.82. The number of alkyl carbamates (subject to hydrolysis) is 1. The van der Waals surface area contributed by atoms with Crippen LogP contribution in [0.15, 0.2) is 12.7 Å². The predicted octanol–water partition coefficient (Wildman–Crippen LogP) is 1.85. The molecular weight excluding hydrogens is 296 g/mol. The minimum Gasteiger partial charge on any atom is -0.446 e. The van der Waals surface area contributed by atoms with E-state index < -0.39 is 0 Å². The lowest BCUT2D eigenvalue weighted by atomic mass is 10.1. The van der Waals surface area contributed by atoms with Crippen molar-refractivity contribution in [3.05, 3.63) is 12.7 Å². The first-order valence-corrected chi connectivity index (χ1v) is 7.80. The van der Waals surface area contributed by atoms with Crippen molar-refractivity contribution >= 4 is 23.1 Å². The second kappa shape index (κ2) is 6.02. The zero-order valence-corrected chi connectivity index (χ0v) is 13.7. The van der Waals surface area contributed by atoms with Crippen molar-refractivity contribution in [2.45, 2.75) is 45.3 Å². The van der Waals surface area contributed by atoms with E-state index in [0.717, 1.165) is 37.3 Å². The van der Waals surface area contributed by atoms with E-state index in [4.69, 9.17) is 4.74 Å². The van der Waals surface area contributed by atoms with Crippen LogP contribution in [0.3, 0.4) is 0 Å². The quantitative estimate of drug-likeness (QED) is 0.877. The van der Waals surface area contributed by atoms with Gasteiger partial charge in [0, 0.05) is 31.5 Å². The van der Waals surface area contributed by atoms with Crippen LogP contribution < -0.4 is 10.2 Å². The molecule has 0 spiro atoms. The van der Waals surface area contributed by atoms with Crippen molar-refractivity contribution in [1.29, 1.82) is 0 Å². The average molecular weight is 318 g/mol. The number of rotatable bonds is 2. The van der Waals surface area contributed by atoms with E-state index in [1.54, 1.807) is 6.33 Å². The van der Waals surface area contributed by atoms with Gasteiger partial charge < -0.3 is 19.9 Å². The molecule has 3 heterocycles. The number of H-pyrrole nitrogens is 1. The molecule has 3 rings (SSSR count). The number of carbonyl (C=O) groups is 1. The Kier molecular flexibility index (Phi) is 4.06. The van der Waals surface area contributed by atoms with Gasteiger partial charge in [-0.25, -0.2) is 19.7 Å². The fourth-order valence-electron chi connectivity index (χ4n) is 2.66. The van der Waals surface area contributed by atoms with E-state index in [9.17, 15) is 4.79 Å². The molecule has 0 saturated carbocycles. The molecule has 1 saturated heterocycles. The predicted molar refractivity (Wildman–Crippen MR) is 86.3 cm³/mol. The third-order valence-electron chi connectivity index (χ3n) is 3.70. The summed E-state index contributed by atoms with van der Waals surface area (Å²) in [5.74, 6) is 0.852. The Morgan fingerprint density at radius 1 is 1.30 bits per heavy atom. The Hall–Kier alpha value is -2.38. The second-order valence-corrected chi connectivity index (χ2v) is 6.77. The molecule has 1 aliphatic rings. The monoisotopic (exact) mass is 318 g/mol. The Morgan fingerprint density at radius 3 is 2.74 bits per heavy atom. The number of carbonyl (C=O) groups excluding carboxylic acids is 1. The standard InChI is InChI=1S/C15H22N6O2/c1-15(2,3)20-14(22)23-10-4-6-21(7-5-10)13-11-12(17-8-16-11)18-9-19-13/h8-10H,4-7H2,1-3H3,(H,20,22)(H,16,17,18,19). The number of aromatic amines is 1. The van der Waals surface area contributed by atoms with Crippen molar-refractivity contribution in [2.75, 3.05) is 18.0 Å². The minimum atomic E-state index is -0.353. The number of imidazole rings is 1. The molecule has 8 nitrogen and oxygen atoms in total. The van der Waals surface area contributed by atoms with Gasteiger partial charge >= 0.3 is 6.09 Å². The lowest BCUT2D eigenvalue weighted by Gasteiger charge is -2.33. The van der Waals surface area contributed by atoms with Gasteiger partial charge in [0.15, 0.2) is 11.5 Å². The van der Waals surface area contributed by atoms with Crippen molar-refractivity contribution in [3.8, 4) is 0 Å². The highest BCUT2D eigenvalue weighted by Gasteiger charge is 2.25. The normalized spacial score (nSPS) is 16.6. The molecule has 1 aliphatic heterocycles. The molecule has 0 radical (unpaired) electrons. The van der Waals surface area contributed by atoms with Crippen molar-refractivity contribution in [1.82, 2.24) is 25.3 Å². The SMILES string of the molecule is CC(C)(C)NC(=O)OC1CCN(c2ncnc3nc[nH]c23)CC1. The summed E-state index contributed by atoms with van der Waals surface area (Å²) in [6.07, 6.45) is 4.28. The first-order chi connectivity index (χ1) is 10.9. The van der Waals surface area contributed by atoms with Crippen LogP contribution in [0.4, 0.5) is 10.6 Å². The lowest BCUT2D eigenvalue weighted by Crippen LogP contribution is -2.44. The van der Waals surface area contributed by atoms with E-state index in [-0.39, 0.29) is 17.7 Å². The number of fused-ring (bicyclic) bond motifs is 1. The van der Waals surface area contributed by atoms with Crippen LogP contribution in [0.1, 0.15) is 33.6 Å². The van der Waals surface area contributed by atoms with Crippen LogP contribution in [0, 0.1) is 0 Å².